The Kier molecular flexibility index (Phi) is 8.00. The highest BCUT2D eigenvalue weighted by molar-refractivity contribution is 7.66. The molecule has 2 heterocycles. The average molecular weight is 524 g/mol. The zero-order valence-electron chi connectivity index (χ0n) is 15.5. The van der Waals surface area contributed by atoms with Crippen LogP contribution in [0.5, 0.6) is 0 Å². The Bertz CT molecular complexity index is 1110. The molecule has 6 N–H and O–H groups in total. The van der Waals surface area contributed by atoms with E-state index in [0.717, 1.165) is 12.3 Å². The first kappa shape index (κ1) is 26.5. The Morgan fingerprint density at radius 2 is 2.00 bits per heavy atom. The lowest BCUT2D eigenvalue weighted by atomic mass is 10.0. The van der Waals surface area contributed by atoms with Gasteiger partial charge in [0.2, 0.25) is 0 Å². The normalized spacial score (nSPS) is 27.3. The van der Waals surface area contributed by atoms with Crippen LogP contribution in [0.3, 0.4) is 0 Å². The number of hydrogen-bond donors (Lipinski definition) is 5. The van der Waals surface area contributed by atoms with Gasteiger partial charge in [0.15, 0.2) is 6.23 Å². The molecule has 0 aliphatic carbocycles. The van der Waals surface area contributed by atoms with Gasteiger partial charge in [-0.2, -0.15) is 13.6 Å². The predicted octanol–water partition coefficient (Wildman–Crippen LogP) is 0.475. The number of azide groups is 1. The molecular formula is C10H16FN6O12P3. The molecule has 2 unspecified atom stereocenters. The summed E-state index contributed by atoms with van der Waals surface area (Å²) in [5, 5.41) is 3.19. The van der Waals surface area contributed by atoms with Crippen molar-refractivity contribution < 1.29 is 55.5 Å². The smallest absolute Gasteiger partial charge is 0.383 e. The van der Waals surface area contributed by atoms with Crippen molar-refractivity contribution in [2.24, 2.45) is 5.11 Å². The van der Waals surface area contributed by atoms with Crippen LogP contribution in [0.2, 0.25) is 0 Å². The number of halogens is 1. The van der Waals surface area contributed by atoms with Crippen molar-refractivity contribution >= 4 is 29.3 Å². The van der Waals surface area contributed by atoms with Crippen molar-refractivity contribution in [2.75, 3.05) is 18.9 Å². The zero-order chi connectivity index (χ0) is 24.4. The van der Waals surface area contributed by atoms with Gasteiger partial charge in [0, 0.05) is 17.5 Å². The van der Waals surface area contributed by atoms with E-state index in [4.69, 9.17) is 30.7 Å². The molecule has 22 heteroatoms. The van der Waals surface area contributed by atoms with E-state index in [-0.39, 0.29) is 5.82 Å². The SMILES string of the molecule is [N-]=[N+]=NC[C@@]1(COP(=O)(O)OP(=O)(O)OP(=O)(O)O)C[C@@H](F)[C@H](n2ccc(N)nc2=O)O1. The van der Waals surface area contributed by atoms with Crippen molar-refractivity contribution in [2.45, 2.75) is 24.4 Å². The number of aromatic nitrogens is 2. The number of alkyl halides is 1. The van der Waals surface area contributed by atoms with Gasteiger partial charge in [-0.3, -0.25) is 9.09 Å². The molecule has 32 heavy (non-hydrogen) atoms. The van der Waals surface area contributed by atoms with Crippen LogP contribution in [-0.4, -0.2) is 54.0 Å². The molecule has 5 atom stereocenters. The van der Waals surface area contributed by atoms with E-state index >= 15 is 0 Å². The van der Waals surface area contributed by atoms with Crippen LogP contribution in [0, 0.1) is 0 Å². The number of nitrogen functional groups attached to an aromatic ring is 1. The first-order chi connectivity index (χ1) is 14.6. The minimum atomic E-state index is -5.79. The molecule has 180 valence electrons. The second-order valence-corrected chi connectivity index (χ2v) is 10.6. The van der Waals surface area contributed by atoms with E-state index in [1.807, 2.05) is 0 Å². The monoisotopic (exact) mass is 524 g/mol. The molecular weight excluding hydrogens is 508 g/mol. The molecule has 1 saturated heterocycles. The summed E-state index contributed by atoms with van der Waals surface area (Å²) in [6.45, 7) is -1.78. The lowest BCUT2D eigenvalue weighted by Gasteiger charge is -2.28. The summed E-state index contributed by atoms with van der Waals surface area (Å²) in [5.41, 5.74) is 10.9. The van der Waals surface area contributed by atoms with Crippen LogP contribution in [0.25, 0.3) is 10.4 Å². The first-order valence-corrected chi connectivity index (χ1v) is 12.5. The Labute approximate surface area is 176 Å². The highest BCUT2D eigenvalue weighted by Crippen LogP contribution is 2.66. The van der Waals surface area contributed by atoms with Crippen molar-refractivity contribution in [3.05, 3.63) is 33.2 Å². The molecule has 0 saturated carbocycles. The van der Waals surface area contributed by atoms with E-state index in [2.05, 4.69) is 28.2 Å². The van der Waals surface area contributed by atoms with E-state index in [0.29, 0.717) is 4.57 Å². The predicted molar refractivity (Wildman–Crippen MR) is 99.1 cm³/mol. The van der Waals surface area contributed by atoms with Crippen molar-refractivity contribution in [1.29, 1.82) is 0 Å². The molecule has 1 aromatic heterocycles. The number of nitrogens with two attached hydrogens (primary N) is 1. The number of rotatable bonds is 10. The van der Waals surface area contributed by atoms with E-state index in [1.54, 1.807) is 0 Å². The summed E-state index contributed by atoms with van der Waals surface area (Å²) in [6.07, 6.45) is -3.18. The number of phosphoric acid groups is 3. The van der Waals surface area contributed by atoms with Crippen LogP contribution < -0.4 is 11.4 Å². The van der Waals surface area contributed by atoms with Gasteiger partial charge in [-0.05, 0) is 11.6 Å². The number of phosphoric ester groups is 1. The number of nitrogens with zero attached hydrogens (tertiary/aromatic N) is 5. The van der Waals surface area contributed by atoms with Gasteiger partial charge in [0.1, 0.15) is 17.6 Å². The molecule has 0 radical (unpaired) electrons. The van der Waals surface area contributed by atoms with E-state index in [9.17, 15) is 27.8 Å². The van der Waals surface area contributed by atoms with Gasteiger partial charge in [-0.25, -0.2) is 22.9 Å². The maximum absolute atomic E-state index is 14.7. The topological polar surface area (TPSA) is 279 Å². The number of hydrogen-bond acceptors (Lipinski definition) is 11. The fraction of sp³-hybridized carbons (Fsp3) is 0.600. The Hall–Kier alpha value is -1.71. The third-order valence-electron chi connectivity index (χ3n) is 3.70. The molecule has 0 aromatic carbocycles. The number of ether oxygens (including phenoxy) is 1. The van der Waals surface area contributed by atoms with Gasteiger partial charge < -0.3 is 30.0 Å². The average Bonchev–Trinajstić information content (AvgIpc) is 2.92. The minimum Gasteiger partial charge on any atom is -0.383 e. The van der Waals surface area contributed by atoms with Crippen LogP contribution in [0.4, 0.5) is 10.2 Å². The summed E-state index contributed by atoms with van der Waals surface area (Å²) in [7, 11) is -17.0. The lowest BCUT2D eigenvalue weighted by molar-refractivity contribution is -0.0982. The molecule has 0 amide bonds. The number of anilines is 1. The van der Waals surface area contributed by atoms with Gasteiger partial charge in [-0.1, -0.05) is 5.11 Å². The van der Waals surface area contributed by atoms with Gasteiger partial charge in [0.05, 0.1) is 13.2 Å². The summed E-state index contributed by atoms with van der Waals surface area (Å²) < 4.78 is 66.4. The molecule has 1 aliphatic heterocycles. The Balaban J connectivity index is 2.22. The van der Waals surface area contributed by atoms with Crippen molar-refractivity contribution in [1.82, 2.24) is 9.55 Å². The van der Waals surface area contributed by atoms with Crippen molar-refractivity contribution in [3.8, 4) is 0 Å². The first-order valence-electron chi connectivity index (χ1n) is 8.03. The molecule has 0 spiro atoms. The maximum Gasteiger partial charge on any atom is 0.490 e. The van der Waals surface area contributed by atoms with E-state index < -0.39 is 66.7 Å². The fourth-order valence-corrected chi connectivity index (χ4v) is 5.68. The van der Waals surface area contributed by atoms with Gasteiger partial charge in [-0.15, -0.1) is 0 Å². The highest BCUT2D eigenvalue weighted by atomic mass is 31.3. The van der Waals surface area contributed by atoms with Crippen molar-refractivity contribution in [3.63, 3.8) is 0 Å². The molecule has 18 nitrogen and oxygen atoms in total. The highest BCUT2D eigenvalue weighted by Gasteiger charge is 2.50. The van der Waals surface area contributed by atoms with E-state index in [1.165, 1.54) is 0 Å². The summed E-state index contributed by atoms with van der Waals surface area (Å²) in [6, 6.07) is 1.16. The summed E-state index contributed by atoms with van der Waals surface area (Å²) >= 11 is 0. The summed E-state index contributed by atoms with van der Waals surface area (Å²) in [5.74, 6) is -0.160. The fourth-order valence-electron chi connectivity index (χ4n) is 2.59. The molecule has 2 rings (SSSR count). The lowest BCUT2D eigenvalue weighted by Crippen LogP contribution is -2.38. The zero-order valence-corrected chi connectivity index (χ0v) is 18.2. The standard InChI is InChI=1S/C10H16FN6O12P3/c11-6-3-10(4-14-16-13,27-8(6)17-2-1-7(12)15-9(17)18)5-26-31(22,23)29-32(24,25)28-30(19,20)21/h1-2,6,8H,3-5H2,(H,22,23)(H,24,25)(H2,12,15,18)(H2,19,20,21)/t6-,8-,10-/m1/s1. The molecule has 1 aromatic rings. The molecule has 1 fully saturated rings. The second-order valence-electron chi connectivity index (χ2n) is 6.21. The Morgan fingerprint density at radius 3 is 2.56 bits per heavy atom. The van der Waals surface area contributed by atoms with Gasteiger partial charge >= 0.3 is 29.2 Å². The van der Waals surface area contributed by atoms with Gasteiger partial charge in [0.25, 0.3) is 0 Å². The third-order valence-corrected chi connectivity index (χ3v) is 7.48. The van der Waals surface area contributed by atoms with Crippen LogP contribution in [0.1, 0.15) is 12.6 Å². The quantitative estimate of drug-likeness (QED) is 0.120. The minimum absolute atomic E-state index is 0.160. The van der Waals surface area contributed by atoms with Crippen LogP contribution in [-0.2, 0) is 31.6 Å². The molecule has 0 bridgehead atoms. The third kappa shape index (κ3) is 7.42. The maximum atomic E-state index is 14.7. The van der Waals surface area contributed by atoms with Crippen LogP contribution >= 0.6 is 23.5 Å². The summed E-state index contributed by atoms with van der Waals surface area (Å²) in [4.78, 5) is 53.6. The second kappa shape index (κ2) is 9.65. The van der Waals surface area contributed by atoms with Crippen LogP contribution in [0.15, 0.2) is 22.2 Å². The Morgan fingerprint density at radius 1 is 1.34 bits per heavy atom. The largest absolute Gasteiger partial charge is 0.490 e. The molecule has 1 aliphatic rings.